The number of carboxylic acids is 1. The zero-order valence-corrected chi connectivity index (χ0v) is 10.2. The fourth-order valence-corrected chi connectivity index (χ4v) is 1.79. The van der Waals surface area contributed by atoms with Crippen LogP contribution in [0.5, 0.6) is 0 Å². The smallest absolute Gasteiger partial charge is 0.312 e. The standard InChI is InChI=1S/C14H14N2O3/c17-13(12-7-4-8-15-12)16-9-11(14(18)19)10-5-2-1-3-6-10/h1-8,11,15H,9H2,(H,16,17)(H,18,19). The van der Waals surface area contributed by atoms with Gasteiger partial charge in [-0.15, -0.1) is 0 Å². The van der Waals surface area contributed by atoms with E-state index in [1.165, 1.54) is 0 Å². The summed E-state index contributed by atoms with van der Waals surface area (Å²) in [4.78, 5) is 25.7. The van der Waals surface area contributed by atoms with Crippen LogP contribution in [-0.4, -0.2) is 28.5 Å². The van der Waals surface area contributed by atoms with Crippen molar-refractivity contribution in [3.8, 4) is 0 Å². The molecule has 0 aliphatic carbocycles. The van der Waals surface area contributed by atoms with Crippen LogP contribution < -0.4 is 5.32 Å². The number of hydrogen-bond acceptors (Lipinski definition) is 2. The van der Waals surface area contributed by atoms with Gasteiger partial charge in [0, 0.05) is 12.7 Å². The van der Waals surface area contributed by atoms with Crippen molar-refractivity contribution < 1.29 is 14.7 Å². The molecule has 2 aromatic rings. The van der Waals surface area contributed by atoms with Gasteiger partial charge in [-0.3, -0.25) is 9.59 Å². The van der Waals surface area contributed by atoms with Gasteiger partial charge in [-0.25, -0.2) is 0 Å². The first kappa shape index (κ1) is 12.9. The Morgan fingerprint density at radius 2 is 1.89 bits per heavy atom. The Morgan fingerprint density at radius 1 is 1.16 bits per heavy atom. The minimum atomic E-state index is -0.960. The summed E-state index contributed by atoms with van der Waals surface area (Å²) in [5.41, 5.74) is 1.08. The van der Waals surface area contributed by atoms with Crippen LogP contribution in [0.25, 0.3) is 0 Å². The third kappa shape index (κ3) is 3.22. The number of carbonyl (C=O) groups is 2. The van der Waals surface area contributed by atoms with E-state index in [1.54, 1.807) is 42.6 Å². The molecule has 1 aromatic carbocycles. The number of H-pyrrole nitrogens is 1. The van der Waals surface area contributed by atoms with E-state index in [1.807, 2.05) is 6.07 Å². The fourth-order valence-electron chi connectivity index (χ4n) is 1.79. The molecule has 0 aliphatic heterocycles. The third-order valence-corrected chi connectivity index (χ3v) is 2.81. The van der Waals surface area contributed by atoms with E-state index in [0.29, 0.717) is 11.3 Å². The molecule has 5 heteroatoms. The predicted molar refractivity (Wildman–Crippen MR) is 69.9 cm³/mol. The van der Waals surface area contributed by atoms with E-state index in [4.69, 9.17) is 0 Å². The van der Waals surface area contributed by atoms with Crippen LogP contribution in [0.15, 0.2) is 48.7 Å². The van der Waals surface area contributed by atoms with Crippen LogP contribution in [0.2, 0.25) is 0 Å². The van der Waals surface area contributed by atoms with Gasteiger partial charge in [0.2, 0.25) is 0 Å². The van der Waals surface area contributed by atoms with E-state index in [9.17, 15) is 14.7 Å². The van der Waals surface area contributed by atoms with Crippen LogP contribution in [-0.2, 0) is 4.79 Å². The molecule has 0 radical (unpaired) electrons. The number of benzene rings is 1. The highest BCUT2D eigenvalue weighted by Gasteiger charge is 2.20. The molecule has 98 valence electrons. The third-order valence-electron chi connectivity index (χ3n) is 2.81. The largest absolute Gasteiger partial charge is 0.481 e. The van der Waals surface area contributed by atoms with Crippen LogP contribution in [0.1, 0.15) is 22.0 Å². The number of aliphatic carboxylic acids is 1. The van der Waals surface area contributed by atoms with Crippen LogP contribution >= 0.6 is 0 Å². The highest BCUT2D eigenvalue weighted by atomic mass is 16.4. The monoisotopic (exact) mass is 258 g/mol. The zero-order chi connectivity index (χ0) is 13.7. The maximum absolute atomic E-state index is 11.7. The Morgan fingerprint density at radius 3 is 2.47 bits per heavy atom. The van der Waals surface area contributed by atoms with Gasteiger partial charge in [0.15, 0.2) is 0 Å². The molecule has 0 saturated heterocycles. The van der Waals surface area contributed by atoms with Crippen molar-refractivity contribution in [2.75, 3.05) is 6.54 Å². The summed E-state index contributed by atoms with van der Waals surface area (Å²) < 4.78 is 0. The molecule has 1 atom stereocenters. The molecule has 1 aromatic heterocycles. The van der Waals surface area contributed by atoms with Crippen molar-refractivity contribution in [1.82, 2.24) is 10.3 Å². The van der Waals surface area contributed by atoms with Crippen molar-refractivity contribution >= 4 is 11.9 Å². The topological polar surface area (TPSA) is 82.2 Å². The van der Waals surface area contributed by atoms with Crippen molar-refractivity contribution in [3.05, 3.63) is 59.9 Å². The normalized spacial score (nSPS) is 11.8. The maximum Gasteiger partial charge on any atom is 0.312 e. The van der Waals surface area contributed by atoms with Crippen molar-refractivity contribution in [2.45, 2.75) is 5.92 Å². The van der Waals surface area contributed by atoms with Crippen LogP contribution in [0, 0.1) is 0 Å². The predicted octanol–water partition coefficient (Wildman–Crippen LogP) is 1.61. The molecular weight excluding hydrogens is 244 g/mol. The lowest BCUT2D eigenvalue weighted by atomic mass is 9.99. The lowest BCUT2D eigenvalue weighted by Crippen LogP contribution is -2.31. The lowest BCUT2D eigenvalue weighted by Gasteiger charge is -2.13. The summed E-state index contributed by atoms with van der Waals surface area (Å²) in [6, 6.07) is 12.2. The SMILES string of the molecule is O=C(NCC(C(=O)O)c1ccccc1)c1ccc[nH]1. The molecule has 1 heterocycles. The molecule has 3 N–H and O–H groups in total. The number of hydrogen-bond donors (Lipinski definition) is 3. The first-order chi connectivity index (χ1) is 9.18. The summed E-state index contributed by atoms with van der Waals surface area (Å²) in [7, 11) is 0. The van der Waals surface area contributed by atoms with E-state index < -0.39 is 11.9 Å². The summed E-state index contributed by atoms with van der Waals surface area (Å²) in [5.74, 6) is -2.02. The van der Waals surface area contributed by atoms with Crippen molar-refractivity contribution in [2.24, 2.45) is 0 Å². The number of nitrogens with one attached hydrogen (secondary N) is 2. The number of aromatic amines is 1. The first-order valence-electron chi connectivity index (χ1n) is 5.88. The summed E-state index contributed by atoms with van der Waals surface area (Å²) in [6.45, 7) is 0.0528. The Bertz CT molecular complexity index is 549. The fraction of sp³-hybridized carbons (Fsp3) is 0.143. The molecular formula is C14H14N2O3. The van der Waals surface area contributed by atoms with E-state index in [2.05, 4.69) is 10.3 Å². The number of amides is 1. The summed E-state index contributed by atoms with van der Waals surface area (Å²) in [6.07, 6.45) is 1.64. The molecule has 0 bridgehead atoms. The Kier molecular flexibility index (Phi) is 3.97. The maximum atomic E-state index is 11.7. The molecule has 0 fully saturated rings. The average Bonchev–Trinajstić information content (AvgIpc) is 2.93. The molecule has 5 nitrogen and oxygen atoms in total. The molecule has 1 amide bonds. The average molecular weight is 258 g/mol. The summed E-state index contributed by atoms with van der Waals surface area (Å²) in [5, 5.41) is 11.8. The number of carboxylic acid groups (broad SMARTS) is 1. The van der Waals surface area contributed by atoms with E-state index in [0.717, 1.165) is 0 Å². The Labute approximate surface area is 110 Å². The van der Waals surface area contributed by atoms with Gasteiger partial charge in [-0.1, -0.05) is 30.3 Å². The minimum Gasteiger partial charge on any atom is -0.481 e. The molecule has 0 spiro atoms. The highest BCUT2D eigenvalue weighted by Crippen LogP contribution is 2.14. The first-order valence-corrected chi connectivity index (χ1v) is 5.88. The second-order valence-corrected chi connectivity index (χ2v) is 4.10. The van der Waals surface area contributed by atoms with Crippen LogP contribution in [0.3, 0.4) is 0 Å². The van der Waals surface area contributed by atoms with Crippen molar-refractivity contribution in [1.29, 1.82) is 0 Å². The Hall–Kier alpha value is -2.56. The molecule has 1 unspecified atom stereocenters. The van der Waals surface area contributed by atoms with E-state index in [-0.39, 0.29) is 12.5 Å². The molecule has 19 heavy (non-hydrogen) atoms. The number of rotatable bonds is 5. The highest BCUT2D eigenvalue weighted by molar-refractivity contribution is 5.92. The number of carbonyl (C=O) groups excluding carboxylic acids is 1. The molecule has 2 rings (SSSR count). The van der Waals surface area contributed by atoms with Crippen molar-refractivity contribution in [3.63, 3.8) is 0 Å². The van der Waals surface area contributed by atoms with Crippen LogP contribution in [0.4, 0.5) is 0 Å². The van der Waals surface area contributed by atoms with Gasteiger partial charge in [-0.05, 0) is 17.7 Å². The van der Waals surface area contributed by atoms with Gasteiger partial charge in [0.05, 0.1) is 5.92 Å². The van der Waals surface area contributed by atoms with E-state index >= 15 is 0 Å². The van der Waals surface area contributed by atoms with Gasteiger partial charge in [0.1, 0.15) is 5.69 Å². The summed E-state index contributed by atoms with van der Waals surface area (Å²) >= 11 is 0. The second kappa shape index (κ2) is 5.86. The quantitative estimate of drug-likeness (QED) is 0.762. The van der Waals surface area contributed by atoms with Gasteiger partial charge in [-0.2, -0.15) is 0 Å². The zero-order valence-electron chi connectivity index (χ0n) is 10.2. The second-order valence-electron chi connectivity index (χ2n) is 4.10. The molecule has 0 saturated carbocycles. The minimum absolute atomic E-state index is 0.0528. The van der Waals surface area contributed by atoms with Gasteiger partial charge in [0.25, 0.3) is 5.91 Å². The van der Waals surface area contributed by atoms with Gasteiger partial charge < -0.3 is 15.4 Å². The van der Waals surface area contributed by atoms with Gasteiger partial charge >= 0.3 is 5.97 Å². The Balaban J connectivity index is 2.03. The number of aromatic nitrogens is 1. The lowest BCUT2D eigenvalue weighted by molar-refractivity contribution is -0.138. The molecule has 0 aliphatic rings.